The standard InChI is InChI=1S/C16H25N3O2/c1-21-13-7-10-17-16(20)18-14-8-3-4-9-15(14)19-11-5-2-6-12-19/h3-4,8-9H,2,5-7,10-13H2,1H3,(H2,17,18,20). The summed E-state index contributed by atoms with van der Waals surface area (Å²) in [6.45, 7) is 3.40. The number of carbonyl (C=O) groups excluding carboxylic acids is 1. The molecule has 2 rings (SSSR count). The molecular weight excluding hydrogens is 266 g/mol. The molecule has 1 aliphatic rings. The van der Waals surface area contributed by atoms with E-state index in [4.69, 9.17) is 4.74 Å². The van der Waals surface area contributed by atoms with Crippen LogP contribution in [-0.2, 0) is 4.74 Å². The number of rotatable bonds is 6. The molecule has 0 aliphatic carbocycles. The Balaban J connectivity index is 1.91. The minimum absolute atomic E-state index is 0.157. The zero-order valence-corrected chi connectivity index (χ0v) is 12.7. The van der Waals surface area contributed by atoms with Crippen LogP contribution in [0, 0.1) is 0 Å². The smallest absolute Gasteiger partial charge is 0.319 e. The van der Waals surface area contributed by atoms with Gasteiger partial charge in [-0.2, -0.15) is 0 Å². The average molecular weight is 291 g/mol. The number of nitrogens with one attached hydrogen (secondary N) is 2. The van der Waals surface area contributed by atoms with Gasteiger partial charge in [-0.1, -0.05) is 12.1 Å². The Morgan fingerprint density at radius 1 is 1.24 bits per heavy atom. The van der Waals surface area contributed by atoms with Crippen molar-refractivity contribution in [3.05, 3.63) is 24.3 Å². The average Bonchev–Trinajstić information content (AvgIpc) is 2.53. The van der Waals surface area contributed by atoms with Gasteiger partial charge in [-0.05, 0) is 37.8 Å². The molecule has 1 aromatic carbocycles. The molecule has 0 spiro atoms. The number of methoxy groups -OCH3 is 1. The van der Waals surface area contributed by atoms with Gasteiger partial charge in [0.05, 0.1) is 11.4 Å². The Kier molecular flexibility index (Phi) is 6.34. The molecule has 2 amide bonds. The summed E-state index contributed by atoms with van der Waals surface area (Å²) in [6.07, 6.45) is 4.55. The van der Waals surface area contributed by atoms with E-state index in [2.05, 4.69) is 21.6 Å². The third kappa shape index (κ3) is 4.93. The van der Waals surface area contributed by atoms with Crippen molar-refractivity contribution in [2.24, 2.45) is 0 Å². The number of hydrogen-bond donors (Lipinski definition) is 2. The largest absolute Gasteiger partial charge is 0.385 e. The summed E-state index contributed by atoms with van der Waals surface area (Å²) in [5.74, 6) is 0. The molecule has 116 valence electrons. The number of para-hydroxylation sites is 2. The molecule has 1 saturated heterocycles. The lowest BCUT2D eigenvalue weighted by atomic mass is 10.1. The van der Waals surface area contributed by atoms with Crippen LogP contribution in [0.15, 0.2) is 24.3 Å². The quantitative estimate of drug-likeness (QED) is 0.792. The second kappa shape index (κ2) is 8.52. The first-order chi connectivity index (χ1) is 10.3. The van der Waals surface area contributed by atoms with Gasteiger partial charge in [0, 0.05) is 33.4 Å². The Labute approximate surface area is 126 Å². The molecule has 1 aliphatic heterocycles. The van der Waals surface area contributed by atoms with E-state index in [-0.39, 0.29) is 6.03 Å². The lowest BCUT2D eigenvalue weighted by molar-refractivity contribution is 0.194. The molecule has 1 aromatic rings. The molecule has 5 nitrogen and oxygen atoms in total. The molecule has 0 unspecified atom stereocenters. The number of ether oxygens (including phenoxy) is 1. The summed E-state index contributed by atoms with van der Waals surface area (Å²) < 4.78 is 4.96. The van der Waals surface area contributed by atoms with Crippen molar-refractivity contribution >= 4 is 17.4 Å². The number of carbonyl (C=O) groups is 1. The fourth-order valence-electron chi connectivity index (χ4n) is 2.57. The van der Waals surface area contributed by atoms with Gasteiger partial charge < -0.3 is 20.3 Å². The summed E-state index contributed by atoms with van der Waals surface area (Å²) in [7, 11) is 1.66. The van der Waals surface area contributed by atoms with Gasteiger partial charge in [0.2, 0.25) is 0 Å². The molecule has 21 heavy (non-hydrogen) atoms. The fraction of sp³-hybridized carbons (Fsp3) is 0.562. The van der Waals surface area contributed by atoms with Crippen molar-refractivity contribution in [2.75, 3.05) is 43.6 Å². The molecule has 1 heterocycles. The second-order valence-corrected chi connectivity index (χ2v) is 5.29. The number of nitrogens with zero attached hydrogens (tertiary/aromatic N) is 1. The predicted octanol–water partition coefficient (Wildman–Crippen LogP) is 2.83. The van der Waals surface area contributed by atoms with Crippen molar-refractivity contribution in [1.82, 2.24) is 5.32 Å². The molecule has 0 saturated carbocycles. The highest BCUT2D eigenvalue weighted by atomic mass is 16.5. The third-order valence-corrected chi connectivity index (χ3v) is 3.66. The van der Waals surface area contributed by atoms with Crippen LogP contribution in [0.5, 0.6) is 0 Å². The second-order valence-electron chi connectivity index (χ2n) is 5.29. The van der Waals surface area contributed by atoms with Crippen LogP contribution in [0.3, 0.4) is 0 Å². The number of anilines is 2. The SMILES string of the molecule is COCCCNC(=O)Nc1ccccc1N1CCCCC1. The summed E-state index contributed by atoms with van der Waals surface area (Å²) in [6, 6.07) is 7.85. The summed E-state index contributed by atoms with van der Waals surface area (Å²) in [5, 5.41) is 5.80. The molecule has 0 atom stereocenters. The first kappa shape index (κ1) is 15.6. The highest BCUT2D eigenvalue weighted by molar-refractivity contribution is 5.93. The Bertz CT molecular complexity index is 445. The van der Waals surface area contributed by atoms with E-state index in [9.17, 15) is 4.79 Å². The summed E-state index contributed by atoms with van der Waals surface area (Å²) in [4.78, 5) is 14.3. The van der Waals surface area contributed by atoms with Gasteiger partial charge in [-0.25, -0.2) is 4.79 Å². The third-order valence-electron chi connectivity index (χ3n) is 3.66. The monoisotopic (exact) mass is 291 g/mol. The van der Waals surface area contributed by atoms with Gasteiger partial charge >= 0.3 is 6.03 Å². The molecule has 0 bridgehead atoms. The van der Waals surface area contributed by atoms with Gasteiger partial charge in [0.25, 0.3) is 0 Å². The van der Waals surface area contributed by atoms with Gasteiger partial charge in [-0.3, -0.25) is 0 Å². The predicted molar refractivity (Wildman–Crippen MR) is 86.0 cm³/mol. The number of amides is 2. The van der Waals surface area contributed by atoms with Crippen LogP contribution in [-0.4, -0.2) is 39.4 Å². The minimum Gasteiger partial charge on any atom is -0.385 e. The number of benzene rings is 1. The molecule has 0 radical (unpaired) electrons. The zero-order chi connectivity index (χ0) is 14.9. The molecule has 5 heteroatoms. The maximum absolute atomic E-state index is 11.9. The van der Waals surface area contributed by atoms with Crippen molar-refractivity contribution in [1.29, 1.82) is 0 Å². The summed E-state index contributed by atoms with van der Waals surface area (Å²) in [5.41, 5.74) is 1.99. The van der Waals surface area contributed by atoms with Crippen LogP contribution in [0.4, 0.5) is 16.2 Å². The van der Waals surface area contributed by atoms with Gasteiger partial charge in [0.1, 0.15) is 0 Å². The van der Waals surface area contributed by atoms with Crippen LogP contribution >= 0.6 is 0 Å². The van der Waals surface area contributed by atoms with Crippen molar-refractivity contribution in [3.63, 3.8) is 0 Å². The maximum atomic E-state index is 11.9. The first-order valence-corrected chi connectivity index (χ1v) is 7.69. The molecule has 1 fully saturated rings. The Morgan fingerprint density at radius 3 is 2.76 bits per heavy atom. The highest BCUT2D eigenvalue weighted by Gasteiger charge is 2.15. The summed E-state index contributed by atoms with van der Waals surface area (Å²) >= 11 is 0. The van der Waals surface area contributed by atoms with E-state index >= 15 is 0 Å². The van der Waals surface area contributed by atoms with Gasteiger partial charge in [-0.15, -0.1) is 0 Å². The van der Waals surface area contributed by atoms with Crippen LogP contribution in [0.2, 0.25) is 0 Å². The van der Waals surface area contributed by atoms with E-state index in [1.54, 1.807) is 7.11 Å². The van der Waals surface area contributed by atoms with Gasteiger partial charge in [0.15, 0.2) is 0 Å². The first-order valence-electron chi connectivity index (χ1n) is 7.69. The molecule has 2 N–H and O–H groups in total. The number of urea groups is 1. The maximum Gasteiger partial charge on any atom is 0.319 e. The van der Waals surface area contributed by atoms with E-state index < -0.39 is 0 Å². The van der Waals surface area contributed by atoms with Crippen molar-refractivity contribution in [2.45, 2.75) is 25.7 Å². The highest BCUT2D eigenvalue weighted by Crippen LogP contribution is 2.28. The Morgan fingerprint density at radius 2 is 2.00 bits per heavy atom. The molecular formula is C16H25N3O2. The topological polar surface area (TPSA) is 53.6 Å². The molecule has 0 aromatic heterocycles. The van der Waals surface area contributed by atoms with E-state index in [1.807, 2.05) is 18.2 Å². The van der Waals surface area contributed by atoms with E-state index in [1.165, 1.54) is 19.3 Å². The van der Waals surface area contributed by atoms with Crippen LogP contribution < -0.4 is 15.5 Å². The number of hydrogen-bond acceptors (Lipinski definition) is 3. The Hall–Kier alpha value is -1.75. The zero-order valence-electron chi connectivity index (χ0n) is 12.7. The minimum atomic E-state index is -0.157. The lowest BCUT2D eigenvalue weighted by Crippen LogP contribution is -2.33. The van der Waals surface area contributed by atoms with E-state index in [0.29, 0.717) is 13.2 Å². The van der Waals surface area contributed by atoms with Crippen LogP contribution in [0.1, 0.15) is 25.7 Å². The van der Waals surface area contributed by atoms with E-state index in [0.717, 1.165) is 30.9 Å². The fourth-order valence-corrected chi connectivity index (χ4v) is 2.57. The number of piperidine rings is 1. The van der Waals surface area contributed by atoms with Crippen molar-refractivity contribution < 1.29 is 9.53 Å². The van der Waals surface area contributed by atoms with Crippen LogP contribution in [0.25, 0.3) is 0 Å². The van der Waals surface area contributed by atoms with Crippen molar-refractivity contribution in [3.8, 4) is 0 Å². The normalized spacial score (nSPS) is 14.8. The lowest BCUT2D eigenvalue weighted by Gasteiger charge is -2.30.